The maximum Gasteiger partial charge on any atom is 0.309 e. The first-order valence-corrected chi connectivity index (χ1v) is 4.60. The number of ether oxygens (including phenoxy) is 1. The zero-order chi connectivity index (χ0) is 11.2. The fourth-order valence-electron chi connectivity index (χ4n) is 0.816. The highest BCUT2D eigenvalue weighted by Gasteiger charge is 2.20. The van der Waals surface area contributed by atoms with Gasteiger partial charge in [-0.15, -0.1) is 0 Å². The highest BCUT2D eigenvalue weighted by atomic mass is 16.6. The topological polar surface area (TPSA) is 75.1 Å². The van der Waals surface area contributed by atoms with Crippen LogP contribution in [0.4, 0.5) is 0 Å². The summed E-state index contributed by atoms with van der Waals surface area (Å²) in [4.78, 5) is 14.0. The number of carbonyl (C=O) groups excluding carboxylic acids is 1. The molecule has 5 heteroatoms. The molecule has 1 unspecified atom stereocenters. The first-order chi connectivity index (χ1) is 6.37. The van der Waals surface area contributed by atoms with E-state index in [4.69, 9.17) is 10.3 Å². The van der Waals surface area contributed by atoms with Crippen LogP contribution in [-0.2, 0) is 9.53 Å². The number of esters is 1. The van der Waals surface area contributed by atoms with E-state index in [0.29, 0.717) is 13.0 Å². The quantitative estimate of drug-likeness (QED) is 0.302. The molecule has 0 heterocycles. The zero-order valence-corrected chi connectivity index (χ0v) is 9.15. The standard InChI is InChI=1S/C9H17N3O2/c1-7(5-6-11-12-10)8(13)14-9(2,3)4/h7H,5-6H2,1-4H3. The lowest BCUT2D eigenvalue weighted by Crippen LogP contribution is -2.27. The number of azide groups is 1. The average molecular weight is 199 g/mol. The predicted octanol–water partition coefficient (Wildman–Crippen LogP) is 2.66. The van der Waals surface area contributed by atoms with Crippen LogP contribution in [0.5, 0.6) is 0 Å². The van der Waals surface area contributed by atoms with E-state index in [1.807, 2.05) is 20.8 Å². The van der Waals surface area contributed by atoms with Gasteiger partial charge in [-0.25, -0.2) is 0 Å². The van der Waals surface area contributed by atoms with Crippen LogP contribution in [0.15, 0.2) is 5.11 Å². The van der Waals surface area contributed by atoms with Gasteiger partial charge >= 0.3 is 5.97 Å². The molecule has 0 radical (unpaired) electrons. The molecule has 80 valence electrons. The van der Waals surface area contributed by atoms with E-state index in [-0.39, 0.29) is 11.9 Å². The van der Waals surface area contributed by atoms with Crippen molar-refractivity contribution in [2.75, 3.05) is 6.54 Å². The summed E-state index contributed by atoms with van der Waals surface area (Å²) in [7, 11) is 0. The zero-order valence-electron chi connectivity index (χ0n) is 9.15. The summed E-state index contributed by atoms with van der Waals surface area (Å²) in [6.45, 7) is 7.57. The molecule has 14 heavy (non-hydrogen) atoms. The van der Waals surface area contributed by atoms with Crippen LogP contribution in [0.25, 0.3) is 10.4 Å². The van der Waals surface area contributed by atoms with E-state index in [9.17, 15) is 4.79 Å². The Labute approximate surface area is 84.1 Å². The molecule has 0 aliphatic carbocycles. The van der Waals surface area contributed by atoms with Crippen LogP contribution in [0.3, 0.4) is 0 Å². The SMILES string of the molecule is CC(CCN=[N+]=[N-])C(=O)OC(C)(C)C. The van der Waals surface area contributed by atoms with E-state index >= 15 is 0 Å². The minimum absolute atomic E-state index is 0.222. The Kier molecular flexibility index (Phi) is 5.02. The van der Waals surface area contributed by atoms with Crippen LogP contribution < -0.4 is 0 Å². The molecule has 0 saturated heterocycles. The van der Waals surface area contributed by atoms with Crippen LogP contribution in [-0.4, -0.2) is 18.1 Å². The maximum atomic E-state index is 11.4. The van der Waals surface area contributed by atoms with Gasteiger partial charge in [-0.2, -0.15) is 0 Å². The molecule has 0 rings (SSSR count). The number of hydrogen-bond acceptors (Lipinski definition) is 3. The minimum Gasteiger partial charge on any atom is -0.460 e. The molecular formula is C9H17N3O2. The Hall–Kier alpha value is -1.22. The lowest BCUT2D eigenvalue weighted by Gasteiger charge is -2.21. The molecule has 0 bridgehead atoms. The summed E-state index contributed by atoms with van der Waals surface area (Å²) in [5.74, 6) is -0.467. The van der Waals surface area contributed by atoms with Crippen LogP contribution in [0, 0.1) is 5.92 Å². The van der Waals surface area contributed by atoms with E-state index in [2.05, 4.69) is 10.0 Å². The van der Waals surface area contributed by atoms with Crippen LogP contribution in [0.1, 0.15) is 34.1 Å². The van der Waals surface area contributed by atoms with Gasteiger partial charge in [0, 0.05) is 11.5 Å². The van der Waals surface area contributed by atoms with Gasteiger partial charge in [0.25, 0.3) is 0 Å². The maximum absolute atomic E-state index is 11.4. The lowest BCUT2D eigenvalue weighted by molar-refractivity contribution is -0.159. The Bertz CT molecular complexity index is 239. The van der Waals surface area contributed by atoms with Crippen molar-refractivity contribution in [1.82, 2.24) is 0 Å². The summed E-state index contributed by atoms with van der Waals surface area (Å²) in [5, 5.41) is 3.36. The first-order valence-electron chi connectivity index (χ1n) is 4.60. The first kappa shape index (κ1) is 12.8. The predicted molar refractivity (Wildman–Crippen MR) is 53.6 cm³/mol. The lowest BCUT2D eigenvalue weighted by atomic mass is 10.1. The van der Waals surface area contributed by atoms with Gasteiger partial charge in [-0.05, 0) is 32.7 Å². The Morgan fingerprint density at radius 2 is 2.14 bits per heavy atom. The van der Waals surface area contributed by atoms with Crippen molar-refractivity contribution in [2.45, 2.75) is 39.7 Å². The molecule has 0 spiro atoms. The van der Waals surface area contributed by atoms with Gasteiger partial charge in [0.05, 0.1) is 5.92 Å². The molecule has 0 aromatic rings. The van der Waals surface area contributed by atoms with Gasteiger partial charge in [0.2, 0.25) is 0 Å². The number of nitrogens with zero attached hydrogens (tertiary/aromatic N) is 3. The number of hydrogen-bond donors (Lipinski definition) is 0. The van der Waals surface area contributed by atoms with Gasteiger partial charge in [-0.3, -0.25) is 4.79 Å². The van der Waals surface area contributed by atoms with Gasteiger partial charge in [-0.1, -0.05) is 12.0 Å². The largest absolute Gasteiger partial charge is 0.460 e. The molecule has 0 amide bonds. The van der Waals surface area contributed by atoms with Crippen molar-refractivity contribution in [2.24, 2.45) is 11.0 Å². The van der Waals surface area contributed by atoms with E-state index in [1.165, 1.54) is 0 Å². The van der Waals surface area contributed by atoms with E-state index in [1.54, 1.807) is 6.92 Å². The van der Waals surface area contributed by atoms with Crippen molar-refractivity contribution in [3.05, 3.63) is 10.4 Å². The Morgan fingerprint density at radius 1 is 1.57 bits per heavy atom. The smallest absolute Gasteiger partial charge is 0.309 e. The molecule has 1 atom stereocenters. The third-order valence-electron chi connectivity index (χ3n) is 1.53. The fraction of sp³-hybridized carbons (Fsp3) is 0.889. The molecular weight excluding hydrogens is 182 g/mol. The normalized spacial score (nSPS) is 12.9. The molecule has 0 N–H and O–H groups in total. The van der Waals surface area contributed by atoms with E-state index in [0.717, 1.165) is 0 Å². The number of carbonyl (C=O) groups is 1. The van der Waals surface area contributed by atoms with Crippen molar-refractivity contribution >= 4 is 5.97 Å². The van der Waals surface area contributed by atoms with Gasteiger partial charge in [0.15, 0.2) is 0 Å². The summed E-state index contributed by atoms with van der Waals surface area (Å²) in [5.41, 5.74) is 7.59. The highest BCUT2D eigenvalue weighted by Crippen LogP contribution is 2.13. The summed E-state index contributed by atoms with van der Waals surface area (Å²) in [6.07, 6.45) is 0.527. The number of rotatable bonds is 4. The monoisotopic (exact) mass is 199 g/mol. The average Bonchev–Trinajstić information content (AvgIpc) is 2.01. The molecule has 5 nitrogen and oxygen atoms in total. The van der Waals surface area contributed by atoms with Crippen molar-refractivity contribution in [3.8, 4) is 0 Å². The third-order valence-corrected chi connectivity index (χ3v) is 1.53. The van der Waals surface area contributed by atoms with E-state index < -0.39 is 5.60 Å². The minimum atomic E-state index is -0.455. The molecule has 0 aromatic carbocycles. The molecule has 0 aliphatic heterocycles. The van der Waals surface area contributed by atoms with Gasteiger partial charge < -0.3 is 4.74 Å². The summed E-state index contributed by atoms with van der Waals surface area (Å²) < 4.78 is 5.16. The summed E-state index contributed by atoms with van der Waals surface area (Å²) in [6, 6.07) is 0. The molecule has 0 fully saturated rings. The molecule has 0 aliphatic rings. The Morgan fingerprint density at radius 3 is 2.57 bits per heavy atom. The van der Waals surface area contributed by atoms with Crippen molar-refractivity contribution in [3.63, 3.8) is 0 Å². The molecule has 0 aromatic heterocycles. The highest BCUT2D eigenvalue weighted by molar-refractivity contribution is 5.72. The van der Waals surface area contributed by atoms with Crippen molar-refractivity contribution < 1.29 is 9.53 Å². The van der Waals surface area contributed by atoms with Crippen LogP contribution in [0.2, 0.25) is 0 Å². The second-order valence-electron chi connectivity index (χ2n) is 4.18. The van der Waals surface area contributed by atoms with Gasteiger partial charge in [0.1, 0.15) is 5.60 Å². The fourth-order valence-corrected chi connectivity index (χ4v) is 0.816. The third kappa shape index (κ3) is 6.31. The van der Waals surface area contributed by atoms with Crippen molar-refractivity contribution in [1.29, 1.82) is 0 Å². The second-order valence-corrected chi connectivity index (χ2v) is 4.18. The van der Waals surface area contributed by atoms with Crippen LogP contribution >= 0.6 is 0 Å². The second kappa shape index (κ2) is 5.50. The Balaban J connectivity index is 3.94. The molecule has 0 saturated carbocycles. The summed E-state index contributed by atoms with van der Waals surface area (Å²) >= 11 is 0.